The van der Waals surface area contributed by atoms with E-state index in [9.17, 15) is 24.9 Å². The van der Waals surface area contributed by atoms with Crippen LogP contribution in [0.3, 0.4) is 0 Å². The Hall–Kier alpha value is -2.16. The second kappa shape index (κ2) is 12.4. The van der Waals surface area contributed by atoms with Crippen LogP contribution in [0, 0.1) is 0 Å². The minimum atomic E-state index is -2.33. The molecule has 0 spiro atoms. The van der Waals surface area contributed by atoms with E-state index in [2.05, 4.69) is 6.92 Å². The molecule has 3 atom stereocenters. The maximum absolute atomic E-state index is 11.4. The van der Waals surface area contributed by atoms with Gasteiger partial charge in [-0.05, 0) is 37.0 Å². The molecule has 1 rings (SSSR count). The summed E-state index contributed by atoms with van der Waals surface area (Å²) in [5.74, 6) is -1.81. The number of hydrogen-bond acceptors (Lipinski definition) is 6. The second-order valence-corrected chi connectivity index (χ2v) is 7.45. The van der Waals surface area contributed by atoms with Gasteiger partial charge < -0.3 is 31.5 Å². The van der Waals surface area contributed by atoms with Crippen molar-refractivity contribution in [2.24, 2.45) is 11.5 Å². The van der Waals surface area contributed by atoms with E-state index in [1.165, 1.54) is 19.3 Å². The summed E-state index contributed by atoms with van der Waals surface area (Å²) in [4.78, 5) is 22.4. The quantitative estimate of drug-likeness (QED) is 0.273. The number of primary amides is 1. The summed E-state index contributed by atoms with van der Waals surface area (Å²) in [6, 6.07) is 7.37. The molecule has 0 aliphatic carbocycles. The van der Waals surface area contributed by atoms with Gasteiger partial charge in [-0.25, -0.2) is 0 Å². The van der Waals surface area contributed by atoms with Crippen molar-refractivity contribution in [3.05, 3.63) is 29.8 Å². The normalized spacial score (nSPS) is 15.3. The lowest BCUT2D eigenvalue weighted by Gasteiger charge is -2.32. The first-order valence-corrected chi connectivity index (χ1v) is 10.1. The van der Waals surface area contributed by atoms with E-state index in [0.29, 0.717) is 13.0 Å². The molecule has 0 aromatic heterocycles. The molecule has 8 heteroatoms. The van der Waals surface area contributed by atoms with Gasteiger partial charge in [0.15, 0.2) is 5.54 Å². The summed E-state index contributed by atoms with van der Waals surface area (Å²) in [6.07, 6.45) is 2.28. The Bertz CT molecular complexity index is 637. The van der Waals surface area contributed by atoms with Gasteiger partial charge in [-0.15, -0.1) is 0 Å². The van der Waals surface area contributed by atoms with E-state index in [-0.39, 0.29) is 6.42 Å². The second-order valence-electron chi connectivity index (χ2n) is 7.45. The van der Waals surface area contributed by atoms with Gasteiger partial charge in [0, 0.05) is 0 Å². The van der Waals surface area contributed by atoms with Crippen molar-refractivity contribution < 1.29 is 29.6 Å². The predicted molar refractivity (Wildman–Crippen MR) is 109 cm³/mol. The molecule has 1 unspecified atom stereocenters. The lowest BCUT2D eigenvalue weighted by molar-refractivity contribution is -0.154. The van der Waals surface area contributed by atoms with Gasteiger partial charge in [0.1, 0.15) is 11.9 Å². The van der Waals surface area contributed by atoms with Gasteiger partial charge in [-0.3, -0.25) is 9.59 Å². The number of carboxylic acid groups (broad SMARTS) is 1. The monoisotopic (exact) mass is 410 g/mol. The number of hydrogen-bond donors (Lipinski definition) is 5. The van der Waals surface area contributed by atoms with Crippen molar-refractivity contribution in [3.8, 4) is 5.75 Å². The third-order valence-corrected chi connectivity index (χ3v) is 4.93. The van der Waals surface area contributed by atoms with Crippen LogP contribution in [0.4, 0.5) is 0 Å². The van der Waals surface area contributed by atoms with E-state index in [0.717, 1.165) is 24.2 Å². The molecule has 0 bridgehead atoms. The lowest BCUT2D eigenvalue weighted by atomic mass is 9.84. The van der Waals surface area contributed by atoms with E-state index >= 15 is 0 Å². The van der Waals surface area contributed by atoms with Crippen molar-refractivity contribution in [1.29, 1.82) is 0 Å². The van der Waals surface area contributed by atoms with Crippen molar-refractivity contribution in [3.63, 3.8) is 0 Å². The van der Waals surface area contributed by atoms with E-state index in [1.54, 1.807) is 0 Å². The smallest absolute Gasteiger partial charge is 0.327 e. The highest BCUT2D eigenvalue weighted by Crippen LogP contribution is 2.20. The molecule has 1 aromatic rings. The van der Waals surface area contributed by atoms with Crippen LogP contribution in [0.2, 0.25) is 0 Å². The Balaban J connectivity index is 2.49. The van der Waals surface area contributed by atoms with Gasteiger partial charge in [0.05, 0.1) is 19.1 Å². The zero-order valence-electron chi connectivity index (χ0n) is 17.0. The average molecular weight is 411 g/mol. The maximum Gasteiger partial charge on any atom is 0.327 e. The third kappa shape index (κ3) is 8.39. The first-order chi connectivity index (χ1) is 13.7. The first-order valence-electron chi connectivity index (χ1n) is 10.1. The third-order valence-electron chi connectivity index (χ3n) is 4.93. The zero-order valence-corrected chi connectivity index (χ0v) is 17.0. The number of rotatable bonds is 15. The van der Waals surface area contributed by atoms with Crippen LogP contribution in [0.25, 0.3) is 0 Å². The molecule has 0 fully saturated rings. The SMILES string of the molecule is CCCCCCCOc1ccc(CC[C@H](O)[C@@H](O)C(N)(CC(N)=O)C(=O)O)cc1. The number of aliphatic carboxylic acids is 1. The molecule has 0 aliphatic rings. The fourth-order valence-electron chi connectivity index (χ4n) is 3.06. The number of aliphatic hydroxyl groups excluding tert-OH is 2. The standard InChI is InChI=1S/C21H34N2O6/c1-2-3-4-5-6-13-29-16-10-7-15(8-11-16)9-12-17(24)19(26)21(23,20(27)28)14-18(22)25/h7-8,10-11,17,19,24,26H,2-6,9,12-14,23H2,1H3,(H2,22,25)(H,27,28)/t17-,19+,21?/m0/s1. The highest BCUT2D eigenvalue weighted by Gasteiger charge is 2.46. The summed E-state index contributed by atoms with van der Waals surface area (Å²) in [5, 5.41) is 29.6. The number of carboxylic acids is 1. The Morgan fingerprint density at radius 3 is 2.28 bits per heavy atom. The molecule has 0 heterocycles. The van der Waals surface area contributed by atoms with E-state index in [4.69, 9.17) is 16.2 Å². The summed E-state index contributed by atoms with van der Waals surface area (Å²) in [7, 11) is 0. The summed E-state index contributed by atoms with van der Waals surface area (Å²) in [6.45, 7) is 2.85. The van der Waals surface area contributed by atoms with Crippen molar-refractivity contribution >= 4 is 11.9 Å². The highest BCUT2D eigenvalue weighted by molar-refractivity contribution is 5.87. The molecule has 1 aromatic carbocycles. The molecule has 0 saturated carbocycles. The molecule has 164 valence electrons. The van der Waals surface area contributed by atoms with Gasteiger partial charge in [0.2, 0.25) is 5.91 Å². The van der Waals surface area contributed by atoms with Gasteiger partial charge >= 0.3 is 5.97 Å². The number of unbranched alkanes of at least 4 members (excludes halogenated alkanes) is 4. The minimum Gasteiger partial charge on any atom is -0.494 e. The summed E-state index contributed by atoms with van der Waals surface area (Å²) in [5.41, 5.74) is 9.20. The maximum atomic E-state index is 11.4. The van der Waals surface area contributed by atoms with E-state index in [1.807, 2.05) is 24.3 Å². The van der Waals surface area contributed by atoms with Crippen LogP contribution in [-0.4, -0.2) is 51.5 Å². The number of aliphatic hydroxyl groups is 2. The molecular weight excluding hydrogens is 376 g/mol. The van der Waals surface area contributed by atoms with Crippen LogP contribution >= 0.6 is 0 Å². The van der Waals surface area contributed by atoms with Crippen molar-refractivity contribution in [2.75, 3.05) is 6.61 Å². The largest absolute Gasteiger partial charge is 0.494 e. The van der Waals surface area contributed by atoms with Crippen LogP contribution < -0.4 is 16.2 Å². The number of ether oxygens (including phenoxy) is 1. The van der Waals surface area contributed by atoms with Crippen molar-refractivity contribution in [1.82, 2.24) is 0 Å². The Labute approximate surface area is 171 Å². The van der Waals surface area contributed by atoms with Gasteiger partial charge in [-0.2, -0.15) is 0 Å². The molecule has 1 amide bonds. The molecule has 8 nitrogen and oxygen atoms in total. The Morgan fingerprint density at radius 1 is 1.10 bits per heavy atom. The zero-order chi connectivity index (χ0) is 21.9. The Kier molecular flexibility index (Phi) is 10.6. The van der Waals surface area contributed by atoms with Crippen LogP contribution in [-0.2, 0) is 16.0 Å². The molecular formula is C21H34N2O6. The van der Waals surface area contributed by atoms with Gasteiger partial charge in [-0.1, -0.05) is 44.7 Å². The molecule has 0 aliphatic heterocycles. The topological polar surface area (TPSA) is 156 Å². The van der Waals surface area contributed by atoms with Gasteiger partial charge in [0.25, 0.3) is 0 Å². The molecule has 29 heavy (non-hydrogen) atoms. The minimum absolute atomic E-state index is 0.0732. The van der Waals surface area contributed by atoms with Crippen LogP contribution in [0.15, 0.2) is 24.3 Å². The molecule has 7 N–H and O–H groups in total. The summed E-state index contributed by atoms with van der Waals surface area (Å²) >= 11 is 0. The first kappa shape index (κ1) is 24.9. The average Bonchev–Trinajstić information content (AvgIpc) is 2.68. The van der Waals surface area contributed by atoms with Crippen LogP contribution in [0.1, 0.15) is 57.4 Å². The number of carbonyl (C=O) groups is 2. The summed E-state index contributed by atoms with van der Waals surface area (Å²) < 4.78 is 5.70. The number of aryl methyl sites for hydroxylation is 1. The predicted octanol–water partition coefficient (Wildman–Crippen LogP) is 1.35. The highest BCUT2D eigenvalue weighted by atomic mass is 16.5. The Morgan fingerprint density at radius 2 is 1.72 bits per heavy atom. The number of nitrogens with two attached hydrogens (primary N) is 2. The van der Waals surface area contributed by atoms with Crippen LogP contribution in [0.5, 0.6) is 5.75 Å². The molecule has 0 radical (unpaired) electrons. The number of benzene rings is 1. The fraction of sp³-hybridized carbons (Fsp3) is 0.619. The molecule has 0 saturated heterocycles. The number of amides is 1. The lowest BCUT2D eigenvalue weighted by Crippen LogP contribution is -2.62. The fourth-order valence-corrected chi connectivity index (χ4v) is 3.06. The number of carbonyl (C=O) groups excluding carboxylic acids is 1. The van der Waals surface area contributed by atoms with E-state index < -0.39 is 36.0 Å². The van der Waals surface area contributed by atoms with Crippen molar-refractivity contribution in [2.45, 2.75) is 76.0 Å².